The molecular formula is C24H30FN3O2. The first-order chi connectivity index (χ1) is 14.6. The van der Waals surface area contributed by atoms with Crippen LogP contribution in [-0.4, -0.2) is 50.6 Å². The summed E-state index contributed by atoms with van der Waals surface area (Å²) in [5.74, 6) is 0.000755. The summed E-state index contributed by atoms with van der Waals surface area (Å²) in [7, 11) is 2.13. The maximum atomic E-state index is 13.0. The van der Waals surface area contributed by atoms with Crippen molar-refractivity contribution in [3.05, 3.63) is 59.4 Å². The van der Waals surface area contributed by atoms with Crippen LogP contribution in [0.3, 0.4) is 0 Å². The molecule has 2 heterocycles. The first-order valence-electron chi connectivity index (χ1n) is 10.8. The zero-order valence-electron chi connectivity index (χ0n) is 17.6. The number of amides is 1. The highest BCUT2D eigenvalue weighted by Gasteiger charge is 2.25. The second-order valence-corrected chi connectivity index (χ2v) is 8.22. The lowest BCUT2D eigenvalue weighted by Gasteiger charge is -2.35. The molecule has 5 nitrogen and oxygen atoms in total. The zero-order chi connectivity index (χ0) is 20.9. The molecule has 30 heavy (non-hydrogen) atoms. The van der Waals surface area contributed by atoms with Gasteiger partial charge in [0.05, 0.1) is 6.04 Å². The second kappa shape index (κ2) is 9.47. The molecule has 2 aliphatic heterocycles. The number of anilines is 1. The van der Waals surface area contributed by atoms with Gasteiger partial charge in [-0.1, -0.05) is 18.6 Å². The van der Waals surface area contributed by atoms with Gasteiger partial charge in [-0.2, -0.15) is 0 Å². The van der Waals surface area contributed by atoms with Gasteiger partial charge in [-0.3, -0.25) is 9.69 Å². The normalized spacial score (nSPS) is 17.5. The lowest BCUT2D eigenvalue weighted by atomic mass is 9.98. The Balaban J connectivity index is 1.40. The predicted octanol–water partition coefficient (Wildman–Crippen LogP) is 3.54. The van der Waals surface area contributed by atoms with Gasteiger partial charge in [-0.05, 0) is 73.8 Å². The summed E-state index contributed by atoms with van der Waals surface area (Å²) in [5, 5.41) is 3.05. The van der Waals surface area contributed by atoms with E-state index in [1.165, 1.54) is 60.3 Å². The Bertz CT molecular complexity index is 865. The first-order valence-corrected chi connectivity index (χ1v) is 10.8. The Labute approximate surface area is 177 Å². The van der Waals surface area contributed by atoms with Crippen LogP contribution >= 0.6 is 0 Å². The number of nitrogens with zero attached hydrogens (tertiary/aromatic N) is 2. The van der Waals surface area contributed by atoms with Gasteiger partial charge in [-0.15, -0.1) is 0 Å². The number of likely N-dealkylation sites (N-methyl/N-ethyl adjacent to an activating group) is 1. The van der Waals surface area contributed by atoms with E-state index in [0.717, 1.165) is 26.1 Å². The van der Waals surface area contributed by atoms with Crippen molar-refractivity contribution < 1.29 is 13.9 Å². The third-order valence-corrected chi connectivity index (χ3v) is 6.12. The molecule has 2 aromatic rings. The fourth-order valence-corrected chi connectivity index (χ4v) is 4.42. The van der Waals surface area contributed by atoms with Crippen LogP contribution in [0.25, 0.3) is 0 Å². The van der Waals surface area contributed by atoms with Gasteiger partial charge < -0.3 is 15.0 Å². The fraction of sp³-hybridized carbons (Fsp3) is 0.458. The van der Waals surface area contributed by atoms with Gasteiger partial charge in [0.25, 0.3) is 5.91 Å². The van der Waals surface area contributed by atoms with Gasteiger partial charge in [-0.25, -0.2) is 4.39 Å². The van der Waals surface area contributed by atoms with Crippen LogP contribution in [-0.2, 0) is 11.2 Å². The van der Waals surface area contributed by atoms with Gasteiger partial charge >= 0.3 is 0 Å². The van der Waals surface area contributed by atoms with Crippen LogP contribution in [0.2, 0.25) is 0 Å². The molecule has 1 unspecified atom stereocenters. The summed E-state index contributed by atoms with van der Waals surface area (Å²) in [5.41, 5.74) is 3.97. The molecule has 160 valence electrons. The largest absolute Gasteiger partial charge is 0.484 e. The standard InChI is InChI=1S/C24H30FN3O2/c1-27-14-11-19-15-18(5-10-22(19)27)23(28-12-3-2-4-13-28)16-26-24(29)17-30-21-8-6-20(25)7-9-21/h5-10,15,23H,2-4,11-14,16-17H2,1H3,(H,26,29). The van der Waals surface area contributed by atoms with Crippen LogP contribution in [0.4, 0.5) is 10.1 Å². The number of halogens is 1. The Hall–Kier alpha value is -2.60. The molecule has 1 atom stereocenters. The highest BCUT2D eigenvalue weighted by molar-refractivity contribution is 5.77. The van der Waals surface area contributed by atoms with E-state index >= 15 is 0 Å². The molecule has 0 spiro atoms. The quantitative estimate of drug-likeness (QED) is 0.757. The lowest BCUT2D eigenvalue weighted by molar-refractivity contribution is -0.123. The Morgan fingerprint density at radius 2 is 1.87 bits per heavy atom. The number of hydrogen-bond donors (Lipinski definition) is 1. The zero-order valence-corrected chi connectivity index (χ0v) is 17.6. The number of benzene rings is 2. The number of piperidine rings is 1. The summed E-state index contributed by atoms with van der Waals surface area (Å²) in [6.45, 7) is 3.66. The average Bonchev–Trinajstić information content (AvgIpc) is 3.14. The maximum Gasteiger partial charge on any atom is 0.258 e. The molecule has 1 saturated heterocycles. The van der Waals surface area contributed by atoms with Crippen LogP contribution in [0.15, 0.2) is 42.5 Å². The van der Waals surface area contributed by atoms with Gasteiger partial charge in [0, 0.05) is 25.8 Å². The molecule has 6 heteroatoms. The van der Waals surface area contributed by atoms with E-state index in [-0.39, 0.29) is 24.4 Å². The van der Waals surface area contributed by atoms with Crippen molar-refractivity contribution in [2.24, 2.45) is 0 Å². The number of likely N-dealkylation sites (tertiary alicyclic amines) is 1. The number of nitrogens with one attached hydrogen (secondary N) is 1. The second-order valence-electron chi connectivity index (χ2n) is 8.22. The predicted molar refractivity (Wildman–Crippen MR) is 116 cm³/mol. The summed E-state index contributed by atoms with van der Waals surface area (Å²) < 4.78 is 18.5. The molecule has 0 radical (unpaired) electrons. The number of ether oxygens (including phenoxy) is 1. The van der Waals surface area contributed by atoms with E-state index in [2.05, 4.69) is 40.4 Å². The van der Waals surface area contributed by atoms with Crippen LogP contribution in [0.5, 0.6) is 5.75 Å². The minimum atomic E-state index is -0.322. The summed E-state index contributed by atoms with van der Waals surface area (Å²) in [4.78, 5) is 17.2. The van der Waals surface area contributed by atoms with E-state index in [1.54, 1.807) is 0 Å². The number of fused-ring (bicyclic) bond motifs is 1. The Morgan fingerprint density at radius 3 is 2.63 bits per heavy atom. The minimum absolute atomic E-state index is 0.0761. The number of rotatable bonds is 7. The molecule has 1 fully saturated rings. The van der Waals surface area contributed by atoms with E-state index in [4.69, 9.17) is 4.74 Å². The molecule has 1 N–H and O–H groups in total. The smallest absolute Gasteiger partial charge is 0.258 e. The molecule has 2 aliphatic rings. The van der Waals surface area contributed by atoms with Gasteiger partial charge in [0.2, 0.25) is 0 Å². The summed E-state index contributed by atoms with van der Waals surface area (Å²) in [6.07, 6.45) is 4.75. The van der Waals surface area contributed by atoms with E-state index in [1.807, 2.05) is 0 Å². The Kier molecular flexibility index (Phi) is 6.53. The SMILES string of the molecule is CN1CCc2cc(C(CNC(=O)COc3ccc(F)cc3)N3CCCCC3)ccc21. The topological polar surface area (TPSA) is 44.8 Å². The average molecular weight is 412 g/mol. The summed E-state index contributed by atoms with van der Waals surface area (Å²) in [6, 6.07) is 12.6. The van der Waals surface area contributed by atoms with E-state index in [9.17, 15) is 9.18 Å². The molecule has 0 aromatic heterocycles. The van der Waals surface area contributed by atoms with E-state index < -0.39 is 0 Å². The highest BCUT2D eigenvalue weighted by atomic mass is 19.1. The molecular weight excluding hydrogens is 381 g/mol. The number of carbonyl (C=O) groups excluding carboxylic acids is 1. The van der Waals surface area contributed by atoms with Crippen molar-refractivity contribution in [3.8, 4) is 5.75 Å². The van der Waals surface area contributed by atoms with Gasteiger partial charge in [0.15, 0.2) is 6.61 Å². The van der Waals surface area contributed by atoms with Crippen LogP contribution in [0.1, 0.15) is 36.4 Å². The monoisotopic (exact) mass is 411 g/mol. The minimum Gasteiger partial charge on any atom is -0.484 e. The third kappa shape index (κ3) is 4.93. The molecule has 0 bridgehead atoms. The Morgan fingerprint density at radius 1 is 1.10 bits per heavy atom. The van der Waals surface area contributed by atoms with Crippen molar-refractivity contribution in [1.82, 2.24) is 10.2 Å². The number of carbonyl (C=O) groups is 1. The number of hydrogen-bond acceptors (Lipinski definition) is 4. The third-order valence-electron chi connectivity index (χ3n) is 6.12. The summed E-state index contributed by atoms with van der Waals surface area (Å²) >= 11 is 0. The van der Waals surface area contributed by atoms with Crippen LogP contribution < -0.4 is 15.0 Å². The fourth-order valence-electron chi connectivity index (χ4n) is 4.42. The molecule has 0 aliphatic carbocycles. The van der Waals surface area contributed by atoms with E-state index in [0.29, 0.717) is 12.3 Å². The molecule has 0 saturated carbocycles. The van der Waals surface area contributed by atoms with Crippen LogP contribution in [0, 0.1) is 5.82 Å². The maximum absolute atomic E-state index is 13.0. The lowest BCUT2D eigenvalue weighted by Crippen LogP contribution is -2.41. The highest BCUT2D eigenvalue weighted by Crippen LogP contribution is 2.32. The van der Waals surface area contributed by atoms with Crippen molar-refractivity contribution in [1.29, 1.82) is 0 Å². The van der Waals surface area contributed by atoms with Crippen molar-refractivity contribution in [2.45, 2.75) is 31.7 Å². The van der Waals surface area contributed by atoms with Crippen molar-refractivity contribution in [3.63, 3.8) is 0 Å². The van der Waals surface area contributed by atoms with Crippen molar-refractivity contribution in [2.75, 3.05) is 44.7 Å². The molecule has 4 rings (SSSR count). The molecule has 2 aromatic carbocycles. The van der Waals surface area contributed by atoms with Crippen molar-refractivity contribution >= 4 is 11.6 Å². The molecule has 1 amide bonds. The first kappa shape index (κ1) is 20.7. The van der Waals surface area contributed by atoms with Gasteiger partial charge in [0.1, 0.15) is 11.6 Å².